The van der Waals surface area contributed by atoms with Crippen LogP contribution in [0.25, 0.3) is 21.2 Å². The summed E-state index contributed by atoms with van der Waals surface area (Å²) < 4.78 is 12.3. The smallest absolute Gasteiger partial charge is 0.387 e. The molecule has 3 aromatic carbocycles. The number of ether oxygens (including phenoxy) is 1. The van der Waals surface area contributed by atoms with Gasteiger partial charge < -0.3 is 46.4 Å². The summed E-state index contributed by atoms with van der Waals surface area (Å²) >= 11 is 10.8. The Kier molecular flexibility index (Phi) is 24.4. The number of hydrogen-bond acceptors (Lipinski definition) is 15. The lowest BCUT2D eigenvalue weighted by Gasteiger charge is -2.32. The van der Waals surface area contributed by atoms with Gasteiger partial charge >= 0.3 is 11.8 Å². The summed E-state index contributed by atoms with van der Waals surface area (Å²) in [5.41, 5.74) is 23.2. The van der Waals surface area contributed by atoms with E-state index < -0.39 is 98.4 Å². The number of thiophene rings is 1. The number of rotatable bonds is 28. The topological polar surface area (TPSA) is 324 Å². The maximum absolute atomic E-state index is 14.6. The number of unbranched alkanes of at least 4 members (excludes halogenated alkanes) is 2. The van der Waals surface area contributed by atoms with Crippen molar-refractivity contribution in [3.63, 3.8) is 0 Å². The van der Waals surface area contributed by atoms with Crippen LogP contribution in [-0.4, -0.2) is 161 Å². The number of methoxy groups -OCH3 is 1. The summed E-state index contributed by atoms with van der Waals surface area (Å²) in [4.78, 5) is 129. The highest BCUT2D eigenvalue weighted by Gasteiger charge is 2.31. The highest BCUT2D eigenvalue weighted by atomic mass is 79.9. The molecule has 0 unspecified atom stereocenters. The Balaban J connectivity index is 1.44. The molecule has 0 aliphatic carbocycles. The first-order valence-electron chi connectivity index (χ1n) is 24.6. The summed E-state index contributed by atoms with van der Waals surface area (Å²) in [6.45, 7) is -2.22. The van der Waals surface area contributed by atoms with Crippen molar-refractivity contribution < 1.29 is 47.5 Å². The number of halogens is 2. The third-order valence-corrected chi connectivity index (χ3v) is 13.5. The Morgan fingerprint density at radius 3 is 1.87 bits per heavy atom. The van der Waals surface area contributed by atoms with Gasteiger partial charge in [0.1, 0.15) is 19.6 Å². The van der Waals surface area contributed by atoms with E-state index in [2.05, 4.69) is 37.2 Å². The van der Waals surface area contributed by atoms with Crippen molar-refractivity contribution in [1.29, 1.82) is 0 Å². The number of nitrogens with two attached hydrogens (primary N) is 3. The molecule has 0 radical (unpaired) electrons. The van der Waals surface area contributed by atoms with E-state index in [0.29, 0.717) is 62.4 Å². The van der Waals surface area contributed by atoms with Crippen LogP contribution in [-0.2, 0) is 40.0 Å². The molecule has 2 heterocycles. The Morgan fingerprint density at radius 2 is 1.27 bits per heavy atom. The maximum atomic E-state index is 14.6. The first-order valence-corrected chi connectivity index (χ1v) is 26.6. The van der Waals surface area contributed by atoms with Crippen LogP contribution in [0, 0.1) is 0 Å². The number of nitrogens with zero attached hydrogens (tertiary/aromatic N) is 7. The summed E-state index contributed by atoms with van der Waals surface area (Å²) in [5, 5.41) is 8.41. The average Bonchev–Trinajstić information content (AvgIpc) is 4.09. The Bertz CT molecular complexity index is 2890. The van der Waals surface area contributed by atoms with Gasteiger partial charge in [-0.2, -0.15) is 4.68 Å². The lowest BCUT2D eigenvalue weighted by atomic mass is 10.1. The molecule has 27 heteroatoms. The van der Waals surface area contributed by atoms with Crippen LogP contribution in [0.4, 0.5) is 4.79 Å². The normalized spacial score (nSPS) is 11.3. The quantitative estimate of drug-likeness (QED) is 0.0310. The fraction of sp³-hybridized carbons (Fsp3) is 0.373. The van der Waals surface area contributed by atoms with Crippen molar-refractivity contribution in [1.82, 2.24) is 50.7 Å². The molecule has 0 saturated heterocycles. The molecule has 2 aromatic heterocycles. The lowest BCUT2D eigenvalue weighted by molar-refractivity contribution is -0.149. The molecule has 9 amide bonds. The molecule has 5 aromatic rings. The van der Waals surface area contributed by atoms with Gasteiger partial charge in [-0.15, -0.1) is 16.4 Å². The van der Waals surface area contributed by atoms with E-state index in [1.54, 1.807) is 43.3 Å². The molecule has 24 nitrogen and oxygen atoms in total. The Hall–Kier alpha value is -7.49. The van der Waals surface area contributed by atoms with Gasteiger partial charge in [-0.05, 0) is 105 Å². The van der Waals surface area contributed by atoms with Crippen molar-refractivity contribution in [2.24, 2.45) is 17.2 Å². The SMILES string of the molecule is COCCN(CC(=O)N(CCCCN)CC(=O)N(CCCCN)CC(N)=O)C(=O)CN(NC(=O)N[C@H](C)c1ccccc1)C(=O)CN(NC(=O)c1ccc(Cl)cc1)C(=O)Cn1nc(-c2ccc(-c3ccc(Br)cc3)s2)oc1=O. The number of hydrazine groups is 2. The van der Waals surface area contributed by atoms with Gasteiger partial charge in [0.05, 0.1) is 37.2 Å². The first-order chi connectivity index (χ1) is 37.4. The van der Waals surface area contributed by atoms with Gasteiger partial charge in [-0.3, -0.25) is 39.0 Å². The zero-order valence-electron chi connectivity index (χ0n) is 43.1. The van der Waals surface area contributed by atoms with E-state index in [1.165, 1.54) is 52.5 Å². The van der Waals surface area contributed by atoms with Crippen LogP contribution in [0.5, 0.6) is 0 Å². The fourth-order valence-corrected chi connectivity index (χ4v) is 8.75. The number of carbonyl (C=O) groups is 8. The molecular formula is C51H63BrClN13O11S. The number of urea groups is 1. The Morgan fingerprint density at radius 1 is 0.705 bits per heavy atom. The van der Waals surface area contributed by atoms with Gasteiger partial charge in [-0.1, -0.05) is 70.0 Å². The number of primary amides is 1. The van der Waals surface area contributed by atoms with E-state index in [0.717, 1.165) is 19.8 Å². The van der Waals surface area contributed by atoms with Crippen LogP contribution in [0.3, 0.4) is 0 Å². The van der Waals surface area contributed by atoms with Gasteiger partial charge in [0.15, 0.2) is 0 Å². The monoisotopic (exact) mass is 1180 g/mol. The zero-order valence-corrected chi connectivity index (χ0v) is 46.2. The molecule has 5 rings (SSSR count). The number of aromatic nitrogens is 2. The predicted octanol–water partition coefficient (Wildman–Crippen LogP) is 2.72. The van der Waals surface area contributed by atoms with Gasteiger partial charge in [-0.25, -0.2) is 25.0 Å². The summed E-state index contributed by atoms with van der Waals surface area (Å²) in [6.07, 6.45) is 1.89. The van der Waals surface area contributed by atoms with E-state index in [4.69, 9.17) is 38.0 Å². The average molecular weight is 1180 g/mol. The molecule has 1 atom stereocenters. The standard InChI is InChI=1S/C51H63BrClN13O11S/c1-34(35-10-4-3-5-11-35)57-50(74)60-65(31-45(70)63(26-27-76-2)30-44(69)62(25-9-7-23-55)29-43(68)61(28-42(56)67)24-8-6-22-54)46(71)32-64(58-48(73)37-14-18-39(53)19-15-37)47(72)33-66-51(75)77-49(59-66)41-21-20-40(78-41)36-12-16-38(52)17-13-36/h3-5,10-21,34H,6-9,22-33,54-55H2,1-2H3,(H2,56,67)(H,58,73)(H2,57,60,74)/t34-/m1/s1. The minimum absolute atomic E-state index is 0.00800. The number of amides is 9. The fourth-order valence-electron chi connectivity index (χ4n) is 7.43. The first kappa shape index (κ1) is 61.4. The Labute approximate surface area is 467 Å². The van der Waals surface area contributed by atoms with Crippen molar-refractivity contribution in [3.8, 4) is 21.2 Å². The van der Waals surface area contributed by atoms with E-state index in [-0.39, 0.29) is 44.2 Å². The van der Waals surface area contributed by atoms with Crippen molar-refractivity contribution in [3.05, 3.63) is 122 Å². The van der Waals surface area contributed by atoms with E-state index >= 15 is 0 Å². The third kappa shape index (κ3) is 19.2. The van der Waals surface area contributed by atoms with E-state index in [1.807, 2.05) is 30.3 Å². The molecular weight excluding hydrogens is 1120 g/mol. The van der Waals surface area contributed by atoms with Gasteiger partial charge in [0.25, 0.3) is 23.6 Å². The number of hydrogen-bond donors (Lipinski definition) is 6. The number of nitrogens with one attached hydrogen (secondary N) is 3. The second-order valence-corrected chi connectivity index (χ2v) is 20.0. The van der Waals surface area contributed by atoms with Crippen LogP contribution in [0.1, 0.15) is 54.6 Å². The molecule has 0 aliphatic rings. The molecule has 0 saturated carbocycles. The van der Waals surface area contributed by atoms with E-state index in [9.17, 15) is 43.2 Å². The second kappa shape index (κ2) is 31.0. The zero-order chi connectivity index (χ0) is 56.7. The van der Waals surface area contributed by atoms with Crippen molar-refractivity contribution >= 4 is 86.2 Å². The largest absolute Gasteiger partial charge is 0.437 e. The highest BCUT2D eigenvalue weighted by Crippen LogP contribution is 2.34. The third-order valence-electron chi connectivity index (χ3n) is 11.6. The number of carbonyl (C=O) groups excluding carboxylic acids is 8. The maximum Gasteiger partial charge on any atom is 0.437 e. The van der Waals surface area contributed by atoms with Crippen LogP contribution in [0.15, 0.2) is 105 Å². The summed E-state index contributed by atoms with van der Waals surface area (Å²) in [6, 6.07) is 23.8. The molecule has 0 fully saturated rings. The summed E-state index contributed by atoms with van der Waals surface area (Å²) in [5.74, 6) is -7.18. The number of benzene rings is 3. The van der Waals surface area contributed by atoms with Crippen LogP contribution < -0.4 is 39.1 Å². The molecule has 0 aliphatic heterocycles. The molecule has 418 valence electrons. The molecule has 78 heavy (non-hydrogen) atoms. The summed E-state index contributed by atoms with van der Waals surface area (Å²) in [7, 11) is 1.36. The van der Waals surface area contributed by atoms with Crippen LogP contribution >= 0.6 is 38.9 Å². The molecule has 0 bridgehead atoms. The predicted molar refractivity (Wildman–Crippen MR) is 293 cm³/mol. The minimum atomic E-state index is -1.14. The minimum Gasteiger partial charge on any atom is -0.387 e. The van der Waals surface area contributed by atoms with Crippen LogP contribution in [0.2, 0.25) is 5.02 Å². The molecule has 9 N–H and O–H groups in total. The highest BCUT2D eigenvalue weighted by molar-refractivity contribution is 9.10. The second-order valence-electron chi connectivity index (χ2n) is 17.5. The lowest BCUT2D eigenvalue weighted by Crippen LogP contribution is -2.59. The van der Waals surface area contributed by atoms with Gasteiger partial charge in [0, 0.05) is 46.7 Å². The van der Waals surface area contributed by atoms with Gasteiger partial charge in [0.2, 0.25) is 23.6 Å². The molecule has 0 spiro atoms. The van der Waals surface area contributed by atoms with Crippen molar-refractivity contribution in [2.45, 2.75) is 45.2 Å². The van der Waals surface area contributed by atoms with Crippen molar-refractivity contribution in [2.75, 3.05) is 79.2 Å².